The van der Waals surface area contributed by atoms with Crippen LogP contribution in [0.2, 0.25) is 0 Å². The van der Waals surface area contributed by atoms with Crippen LogP contribution in [0.3, 0.4) is 0 Å². The van der Waals surface area contributed by atoms with Crippen molar-refractivity contribution < 1.29 is 14.3 Å². The van der Waals surface area contributed by atoms with Gasteiger partial charge in [0.25, 0.3) is 5.91 Å². The molecule has 0 aliphatic heterocycles. The minimum atomic E-state index is -0.956. The normalized spacial score (nSPS) is 11.7. The Hall–Kier alpha value is -3.99. The number of hydrogen-bond acceptors (Lipinski definition) is 4. The highest BCUT2D eigenvalue weighted by Crippen LogP contribution is 2.26. The predicted octanol–water partition coefficient (Wildman–Crippen LogP) is 5.39. The Bertz CT molecular complexity index is 1230. The first-order valence-corrected chi connectivity index (χ1v) is 10.0. The van der Waals surface area contributed by atoms with Crippen LogP contribution in [0.5, 0.6) is 0 Å². The second-order valence-electron chi connectivity index (χ2n) is 7.34. The number of aromatic nitrogens is 1. The number of nitrogens with one attached hydrogen (secondary N) is 1. The van der Waals surface area contributed by atoms with Gasteiger partial charge in [0.05, 0.1) is 16.8 Å². The first-order chi connectivity index (χ1) is 15.0. The number of para-hydroxylation sites is 2. The van der Waals surface area contributed by atoms with Gasteiger partial charge in [-0.15, -0.1) is 0 Å². The summed E-state index contributed by atoms with van der Waals surface area (Å²) < 4.78 is 5.51. The zero-order valence-corrected chi connectivity index (χ0v) is 17.3. The Morgan fingerprint density at radius 1 is 0.903 bits per heavy atom. The van der Waals surface area contributed by atoms with Crippen LogP contribution in [0.4, 0.5) is 5.69 Å². The number of carbonyl (C=O) groups excluding carboxylic acids is 2. The lowest BCUT2D eigenvalue weighted by Gasteiger charge is -2.15. The summed E-state index contributed by atoms with van der Waals surface area (Å²) >= 11 is 0. The van der Waals surface area contributed by atoms with Crippen LogP contribution >= 0.6 is 0 Å². The molecule has 0 aliphatic rings. The fraction of sp³-hybridized carbons (Fsp3) is 0.115. The molecule has 1 N–H and O–H groups in total. The van der Waals surface area contributed by atoms with Crippen LogP contribution in [0, 0.1) is 6.92 Å². The molecule has 0 fully saturated rings. The van der Waals surface area contributed by atoms with E-state index in [0.717, 1.165) is 11.1 Å². The number of hydrogen-bond donors (Lipinski definition) is 1. The largest absolute Gasteiger partial charge is 0.449 e. The lowest BCUT2D eigenvalue weighted by Crippen LogP contribution is -2.30. The molecule has 1 atom stereocenters. The first-order valence-electron chi connectivity index (χ1n) is 10.0. The van der Waals surface area contributed by atoms with Gasteiger partial charge in [0.1, 0.15) is 0 Å². The number of amides is 1. The van der Waals surface area contributed by atoms with Gasteiger partial charge in [-0.2, -0.15) is 0 Å². The highest BCUT2D eigenvalue weighted by atomic mass is 16.5. The van der Waals surface area contributed by atoms with E-state index in [1.54, 1.807) is 25.1 Å². The van der Waals surface area contributed by atoms with Gasteiger partial charge in [-0.05, 0) is 38.1 Å². The molecule has 5 nitrogen and oxygen atoms in total. The maximum absolute atomic E-state index is 13.0. The van der Waals surface area contributed by atoms with E-state index in [1.165, 1.54) is 0 Å². The molecule has 1 heterocycles. The van der Waals surface area contributed by atoms with E-state index in [4.69, 9.17) is 9.72 Å². The summed E-state index contributed by atoms with van der Waals surface area (Å²) in [5, 5.41) is 3.43. The third-order valence-electron chi connectivity index (χ3n) is 4.98. The van der Waals surface area contributed by atoms with Crippen molar-refractivity contribution in [1.29, 1.82) is 0 Å². The van der Waals surface area contributed by atoms with Crippen molar-refractivity contribution in [2.24, 2.45) is 0 Å². The molecule has 5 heteroatoms. The van der Waals surface area contributed by atoms with Crippen LogP contribution in [-0.2, 0) is 9.53 Å². The topological polar surface area (TPSA) is 68.3 Å². The second kappa shape index (κ2) is 8.79. The van der Waals surface area contributed by atoms with Crippen LogP contribution in [-0.4, -0.2) is 23.0 Å². The average Bonchev–Trinajstić information content (AvgIpc) is 2.79. The van der Waals surface area contributed by atoms with E-state index < -0.39 is 18.0 Å². The molecule has 31 heavy (non-hydrogen) atoms. The van der Waals surface area contributed by atoms with E-state index in [1.807, 2.05) is 73.7 Å². The summed E-state index contributed by atoms with van der Waals surface area (Å²) in [7, 11) is 0. The van der Waals surface area contributed by atoms with E-state index in [2.05, 4.69) is 5.32 Å². The average molecular weight is 410 g/mol. The lowest BCUT2D eigenvalue weighted by molar-refractivity contribution is -0.123. The third kappa shape index (κ3) is 4.61. The molecule has 0 bridgehead atoms. The number of anilines is 1. The molecule has 0 unspecified atom stereocenters. The molecule has 1 amide bonds. The fourth-order valence-electron chi connectivity index (χ4n) is 3.26. The van der Waals surface area contributed by atoms with Gasteiger partial charge < -0.3 is 10.1 Å². The molecular weight excluding hydrogens is 388 g/mol. The molecule has 0 aliphatic carbocycles. The maximum Gasteiger partial charge on any atom is 0.339 e. The predicted molar refractivity (Wildman–Crippen MR) is 122 cm³/mol. The number of ether oxygens (including phenoxy) is 1. The molecule has 4 rings (SSSR count). The Morgan fingerprint density at radius 3 is 2.32 bits per heavy atom. The van der Waals surface area contributed by atoms with Crippen molar-refractivity contribution in [2.45, 2.75) is 20.0 Å². The van der Waals surface area contributed by atoms with Crippen molar-refractivity contribution in [1.82, 2.24) is 4.98 Å². The number of nitrogens with zero attached hydrogens (tertiary/aromatic N) is 1. The van der Waals surface area contributed by atoms with Gasteiger partial charge in [0.2, 0.25) is 0 Å². The standard InChI is InChI=1S/C26H22N2O3/c1-17-12-14-19(15-13-17)24-16-22(21-10-6-7-11-23(21)28-24)26(30)31-18(2)25(29)27-20-8-4-3-5-9-20/h3-16,18H,1-2H3,(H,27,29)/t18-/m0/s1. The molecule has 0 saturated heterocycles. The minimum absolute atomic E-state index is 0.375. The number of benzene rings is 3. The molecular formula is C26H22N2O3. The summed E-state index contributed by atoms with van der Waals surface area (Å²) in [6.45, 7) is 3.57. The van der Waals surface area contributed by atoms with Crippen molar-refractivity contribution in [3.63, 3.8) is 0 Å². The molecule has 154 valence electrons. The van der Waals surface area contributed by atoms with Crippen LogP contribution in [0.1, 0.15) is 22.8 Å². The van der Waals surface area contributed by atoms with Gasteiger partial charge in [-0.3, -0.25) is 4.79 Å². The van der Waals surface area contributed by atoms with Crippen molar-refractivity contribution >= 4 is 28.5 Å². The molecule has 3 aromatic carbocycles. The monoisotopic (exact) mass is 410 g/mol. The zero-order valence-electron chi connectivity index (χ0n) is 17.3. The fourth-order valence-corrected chi connectivity index (χ4v) is 3.26. The van der Waals surface area contributed by atoms with Gasteiger partial charge >= 0.3 is 5.97 Å². The summed E-state index contributed by atoms with van der Waals surface area (Å²) in [4.78, 5) is 30.2. The number of pyridine rings is 1. The zero-order chi connectivity index (χ0) is 21.8. The lowest BCUT2D eigenvalue weighted by atomic mass is 10.0. The Kier molecular flexibility index (Phi) is 5.76. The van der Waals surface area contributed by atoms with E-state index in [0.29, 0.717) is 27.8 Å². The van der Waals surface area contributed by atoms with Gasteiger partial charge in [-0.1, -0.05) is 66.2 Å². The summed E-state index contributed by atoms with van der Waals surface area (Å²) in [6.07, 6.45) is -0.956. The number of rotatable bonds is 5. The van der Waals surface area contributed by atoms with Crippen LogP contribution in [0.25, 0.3) is 22.2 Å². The maximum atomic E-state index is 13.0. The third-order valence-corrected chi connectivity index (χ3v) is 4.98. The van der Waals surface area contributed by atoms with Crippen molar-refractivity contribution in [3.05, 3.63) is 96.1 Å². The summed E-state index contributed by atoms with van der Waals surface area (Å²) in [5.41, 5.74) is 4.43. The number of carbonyl (C=O) groups is 2. The van der Waals surface area contributed by atoms with E-state index >= 15 is 0 Å². The Morgan fingerprint density at radius 2 is 1.58 bits per heavy atom. The van der Waals surface area contributed by atoms with E-state index in [-0.39, 0.29) is 0 Å². The van der Waals surface area contributed by atoms with Crippen LogP contribution in [0.15, 0.2) is 84.9 Å². The minimum Gasteiger partial charge on any atom is -0.449 e. The summed E-state index contributed by atoms with van der Waals surface area (Å²) in [6, 6.07) is 26.1. The molecule has 1 aromatic heterocycles. The molecule has 0 saturated carbocycles. The molecule has 4 aromatic rings. The van der Waals surface area contributed by atoms with E-state index in [9.17, 15) is 9.59 Å². The second-order valence-corrected chi connectivity index (χ2v) is 7.34. The number of esters is 1. The highest BCUT2D eigenvalue weighted by Gasteiger charge is 2.21. The van der Waals surface area contributed by atoms with Gasteiger partial charge in [0.15, 0.2) is 6.10 Å². The van der Waals surface area contributed by atoms with Crippen molar-refractivity contribution in [3.8, 4) is 11.3 Å². The van der Waals surface area contributed by atoms with Gasteiger partial charge in [-0.25, -0.2) is 9.78 Å². The smallest absolute Gasteiger partial charge is 0.339 e. The molecule has 0 spiro atoms. The van der Waals surface area contributed by atoms with Crippen LogP contribution < -0.4 is 5.32 Å². The quantitative estimate of drug-likeness (QED) is 0.448. The first kappa shape index (κ1) is 20.3. The number of fused-ring (bicyclic) bond motifs is 1. The highest BCUT2D eigenvalue weighted by molar-refractivity contribution is 6.06. The number of aryl methyl sites for hydroxylation is 1. The Balaban J connectivity index is 1.62. The summed E-state index contributed by atoms with van der Waals surface area (Å²) in [5.74, 6) is -0.959. The SMILES string of the molecule is Cc1ccc(-c2cc(C(=O)O[C@@H](C)C(=O)Nc3ccccc3)c3ccccc3n2)cc1. The molecule has 0 radical (unpaired) electrons. The Labute approximate surface area is 180 Å². The van der Waals surface area contributed by atoms with Crippen molar-refractivity contribution in [2.75, 3.05) is 5.32 Å². The van der Waals surface area contributed by atoms with Gasteiger partial charge in [0, 0.05) is 16.6 Å².